The zero-order valence-electron chi connectivity index (χ0n) is 28.6. The summed E-state index contributed by atoms with van der Waals surface area (Å²) in [6.45, 7) is 4.65. The molecule has 8 aromatic rings. The summed E-state index contributed by atoms with van der Waals surface area (Å²) < 4.78 is 0. The van der Waals surface area contributed by atoms with Gasteiger partial charge in [-0.15, -0.1) is 0 Å². The van der Waals surface area contributed by atoms with Crippen molar-refractivity contribution in [1.82, 2.24) is 15.0 Å². The molecule has 0 aliphatic heterocycles. The molecule has 0 saturated heterocycles. The SMILES string of the molecule is CC1(C)c2ccccc2-c2cc(-c3ccc(-c4nc(-c5ccccc5)nc(-c5cccc(-c6ccccc6)c5)n4)cc3-c3ccccc3)ccc21. The molecule has 0 N–H and O–H groups in total. The Morgan fingerprint density at radius 2 is 0.784 bits per heavy atom. The van der Waals surface area contributed by atoms with Gasteiger partial charge in [0, 0.05) is 22.1 Å². The van der Waals surface area contributed by atoms with Gasteiger partial charge < -0.3 is 0 Å². The van der Waals surface area contributed by atoms with Gasteiger partial charge in [0.1, 0.15) is 0 Å². The second kappa shape index (κ2) is 12.5. The fraction of sp³-hybridized carbons (Fsp3) is 0.0625. The third-order valence-electron chi connectivity index (χ3n) is 10.2. The Balaban J connectivity index is 1.21. The first-order valence-corrected chi connectivity index (χ1v) is 17.4. The summed E-state index contributed by atoms with van der Waals surface area (Å²) in [6, 6.07) is 62.0. The predicted molar refractivity (Wildman–Crippen MR) is 210 cm³/mol. The van der Waals surface area contributed by atoms with Gasteiger partial charge in [0.05, 0.1) is 0 Å². The number of benzene rings is 7. The van der Waals surface area contributed by atoms with Crippen LogP contribution in [0.5, 0.6) is 0 Å². The van der Waals surface area contributed by atoms with Crippen LogP contribution >= 0.6 is 0 Å². The van der Waals surface area contributed by atoms with E-state index in [1.54, 1.807) is 0 Å². The molecule has 0 fully saturated rings. The quantitative estimate of drug-likeness (QED) is 0.179. The summed E-state index contributed by atoms with van der Waals surface area (Å²) in [5, 5.41) is 0. The molecule has 0 spiro atoms. The number of nitrogens with zero attached hydrogens (tertiary/aromatic N) is 3. The Bertz CT molecular complexity index is 2540. The number of rotatable bonds is 6. The van der Waals surface area contributed by atoms with Crippen LogP contribution in [0, 0.1) is 0 Å². The van der Waals surface area contributed by atoms with Gasteiger partial charge in [-0.3, -0.25) is 0 Å². The smallest absolute Gasteiger partial charge is 0.164 e. The molecule has 0 saturated carbocycles. The van der Waals surface area contributed by atoms with Crippen LogP contribution in [-0.2, 0) is 5.41 Å². The van der Waals surface area contributed by atoms with Crippen molar-refractivity contribution in [3.63, 3.8) is 0 Å². The molecule has 51 heavy (non-hydrogen) atoms. The van der Waals surface area contributed by atoms with Crippen molar-refractivity contribution in [2.75, 3.05) is 0 Å². The minimum atomic E-state index is -0.0377. The second-order valence-electron chi connectivity index (χ2n) is 13.7. The average Bonchev–Trinajstić information content (AvgIpc) is 3.44. The van der Waals surface area contributed by atoms with Gasteiger partial charge in [0.15, 0.2) is 17.5 Å². The van der Waals surface area contributed by atoms with Crippen molar-refractivity contribution < 1.29 is 0 Å². The lowest BCUT2D eigenvalue weighted by atomic mass is 9.82. The van der Waals surface area contributed by atoms with E-state index in [1.807, 2.05) is 24.3 Å². The van der Waals surface area contributed by atoms with E-state index in [-0.39, 0.29) is 5.41 Å². The standard InChI is InChI=1S/C48H35N3/c1-48(2)43-24-13-12-23-40(43)42-30-36(26-28-44(42)48)39-27-25-38(31-41(39)33-17-8-4-9-18-33)47-50-45(34-19-10-5-11-20-34)49-46(51-47)37-22-14-21-35(29-37)32-15-6-3-7-16-32/h3-31H,1-2H3. The van der Waals surface area contributed by atoms with Crippen molar-refractivity contribution in [2.45, 2.75) is 19.3 Å². The van der Waals surface area contributed by atoms with Crippen LogP contribution in [0.25, 0.3) is 78.7 Å². The monoisotopic (exact) mass is 653 g/mol. The first-order chi connectivity index (χ1) is 25.0. The van der Waals surface area contributed by atoms with E-state index >= 15 is 0 Å². The van der Waals surface area contributed by atoms with Crippen LogP contribution in [-0.4, -0.2) is 15.0 Å². The first-order valence-electron chi connectivity index (χ1n) is 17.4. The van der Waals surface area contributed by atoms with E-state index in [1.165, 1.54) is 33.4 Å². The van der Waals surface area contributed by atoms with E-state index < -0.39 is 0 Å². The molecule has 242 valence electrons. The van der Waals surface area contributed by atoms with Crippen LogP contribution in [0.1, 0.15) is 25.0 Å². The highest BCUT2D eigenvalue weighted by Crippen LogP contribution is 2.50. The number of aromatic nitrogens is 3. The van der Waals surface area contributed by atoms with Gasteiger partial charge in [0.25, 0.3) is 0 Å². The number of fused-ring (bicyclic) bond motifs is 3. The minimum absolute atomic E-state index is 0.0377. The molecular formula is C48H35N3. The normalized spacial score (nSPS) is 12.7. The van der Waals surface area contributed by atoms with E-state index in [4.69, 9.17) is 15.0 Å². The Morgan fingerprint density at radius 1 is 0.294 bits per heavy atom. The maximum absolute atomic E-state index is 5.14. The zero-order valence-corrected chi connectivity index (χ0v) is 28.6. The van der Waals surface area contributed by atoms with Gasteiger partial charge in [-0.1, -0.05) is 172 Å². The van der Waals surface area contributed by atoms with E-state index in [0.29, 0.717) is 17.5 Å². The lowest BCUT2D eigenvalue weighted by Gasteiger charge is -2.21. The Hall–Kier alpha value is -6.45. The van der Waals surface area contributed by atoms with E-state index in [0.717, 1.165) is 38.9 Å². The third-order valence-corrected chi connectivity index (χ3v) is 10.2. The van der Waals surface area contributed by atoms with Gasteiger partial charge >= 0.3 is 0 Å². The van der Waals surface area contributed by atoms with Gasteiger partial charge in [-0.25, -0.2) is 15.0 Å². The second-order valence-corrected chi connectivity index (χ2v) is 13.7. The summed E-state index contributed by atoms with van der Waals surface area (Å²) in [7, 11) is 0. The maximum Gasteiger partial charge on any atom is 0.164 e. The molecule has 0 atom stereocenters. The molecule has 7 aromatic carbocycles. The first kappa shape index (κ1) is 30.6. The van der Waals surface area contributed by atoms with Crippen molar-refractivity contribution in [2.24, 2.45) is 0 Å². The fourth-order valence-corrected chi connectivity index (χ4v) is 7.50. The molecule has 1 aliphatic rings. The molecule has 1 aromatic heterocycles. The highest BCUT2D eigenvalue weighted by atomic mass is 15.0. The molecule has 3 nitrogen and oxygen atoms in total. The lowest BCUT2D eigenvalue weighted by Crippen LogP contribution is -2.14. The Labute approximate surface area is 299 Å². The predicted octanol–water partition coefficient (Wildman–Crippen LogP) is 12.2. The Morgan fingerprint density at radius 3 is 1.49 bits per heavy atom. The van der Waals surface area contributed by atoms with Crippen LogP contribution < -0.4 is 0 Å². The summed E-state index contributed by atoms with van der Waals surface area (Å²) >= 11 is 0. The summed E-state index contributed by atoms with van der Waals surface area (Å²) in [5.74, 6) is 1.92. The summed E-state index contributed by atoms with van der Waals surface area (Å²) in [5.41, 5.74) is 15.1. The molecule has 0 radical (unpaired) electrons. The largest absolute Gasteiger partial charge is 0.208 e. The molecule has 9 rings (SSSR count). The molecule has 0 amide bonds. The summed E-state index contributed by atoms with van der Waals surface area (Å²) in [6.07, 6.45) is 0. The maximum atomic E-state index is 5.14. The molecular weight excluding hydrogens is 619 g/mol. The van der Waals surface area contributed by atoms with Crippen molar-refractivity contribution in [1.29, 1.82) is 0 Å². The average molecular weight is 654 g/mol. The fourth-order valence-electron chi connectivity index (χ4n) is 7.50. The molecule has 3 heteroatoms. The Kier molecular flexibility index (Phi) is 7.48. The molecule has 0 bridgehead atoms. The zero-order chi connectivity index (χ0) is 34.4. The van der Waals surface area contributed by atoms with Crippen molar-refractivity contribution in [3.05, 3.63) is 187 Å². The molecule has 0 unspecified atom stereocenters. The minimum Gasteiger partial charge on any atom is -0.208 e. The van der Waals surface area contributed by atoms with Crippen LogP contribution in [0.15, 0.2) is 176 Å². The van der Waals surface area contributed by atoms with E-state index in [2.05, 4.69) is 166 Å². The van der Waals surface area contributed by atoms with Gasteiger partial charge in [-0.05, 0) is 73.8 Å². The van der Waals surface area contributed by atoms with Gasteiger partial charge in [0.2, 0.25) is 0 Å². The van der Waals surface area contributed by atoms with Crippen molar-refractivity contribution >= 4 is 0 Å². The highest BCUT2D eigenvalue weighted by molar-refractivity contribution is 5.90. The lowest BCUT2D eigenvalue weighted by molar-refractivity contribution is 0.660. The number of hydrogen-bond donors (Lipinski definition) is 0. The third kappa shape index (κ3) is 5.53. The molecule has 1 aliphatic carbocycles. The highest BCUT2D eigenvalue weighted by Gasteiger charge is 2.35. The van der Waals surface area contributed by atoms with Crippen LogP contribution in [0.4, 0.5) is 0 Å². The van der Waals surface area contributed by atoms with E-state index in [9.17, 15) is 0 Å². The van der Waals surface area contributed by atoms with Crippen LogP contribution in [0.2, 0.25) is 0 Å². The van der Waals surface area contributed by atoms with Crippen molar-refractivity contribution in [3.8, 4) is 78.7 Å². The summed E-state index contributed by atoms with van der Waals surface area (Å²) in [4.78, 5) is 15.2. The van der Waals surface area contributed by atoms with Crippen LogP contribution in [0.3, 0.4) is 0 Å². The van der Waals surface area contributed by atoms with Gasteiger partial charge in [-0.2, -0.15) is 0 Å². The topological polar surface area (TPSA) is 38.7 Å². The molecule has 1 heterocycles. The number of hydrogen-bond acceptors (Lipinski definition) is 3.